The molecule has 1 N–H and O–H groups in total. The van der Waals surface area contributed by atoms with Gasteiger partial charge in [0.05, 0.1) is 16.3 Å². The number of fused-ring (bicyclic) bond motifs is 1. The van der Waals surface area contributed by atoms with Gasteiger partial charge in [-0.2, -0.15) is 4.31 Å². The number of hydrogen-bond donors (Lipinski definition) is 1. The minimum atomic E-state index is -3.63. The number of hydrogen-bond acceptors (Lipinski definition) is 5. The van der Waals surface area contributed by atoms with Crippen LogP contribution >= 0.6 is 11.8 Å². The summed E-state index contributed by atoms with van der Waals surface area (Å²) in [5.74, 6) is -0.0891. The molecule has 2 fully saturated rings. The number of nitrogens with one attached hydrogen (secondary N) is 1. The molecule has 1 saturated carbocycles. The van der Waals surface area contributed by atoms with E-state index in [0.717, 1.165) is 56.3 Å². The number of thioether (sulfide) groups is 1. The number of anilines is 1. The Bertz CT molecular complexity index is 935. The summed E-state index contributed by atoms with van der Waals surface area (Å²) in [6, 6.07) is 5.14. The third-order valence-corrected chi connectivity index (χ3v) is 9.54. The average Bonchev–Trinajstić information content (AvgIpc) is 3.21. The van der Waals surface area contributed by atoms with Crippen molar-refractivity contribution in [1.82, 2.24) is 9.62 Å². The Morgan fingerprint density at radius 3 is 2.34 bits per heavy atom. The molecule has 7 nitrogen and oxygen atoms in total. The van der Waals surface area contributed by atoms with Crippen LogP contribution in [0.25, 0.3) is 0 Å². The topological polar surface area (TPSA) is 86.8 Å². The van der Waals surface area contributed by atoms with Gasteiger partial charge in [0.2, 0.25) is 21.8 Å². The van der Waals surface area contributed by atoms with E-state index in [4.69, 9.17) is 0 Å². The van der Waals surface area contributed by atoms with Crippen LogP contribution < -0.4 is 10.2 Å². The number of carbonyl (C=O) groups is 2. The Kier molecular flexibility index (Phi) is 7.78. The largest absolute Gasteiger partial charge is 0.352 e. The number of rotatable bonds is 5. The number of nitrogens with zero attached hydrogens (tertiary/aromatic N) is 2. The second kappa shape index (κ2) is 10.6. The average molecular weight is 480 g/mol. The van der Waals surface area contributed by atoms with Crippen LogP contribution in [0.5, 0.6) is 0 Å². The van der Waals surface area contributed by atoms with Gasteiger partial charge in [0.1, 0.15) is 6.54 Å². The summed E-state index contributed by atoms with van der Waals surface area (Å²) < 4.78 is 28.1. The van der Waals surface area contributed by atoms with Crippen LogP contribution in [0.3, 0.4) is 0 Å². The van der Waals surface area contributed by atoms with Crippen LogP contribution in [0, 0.1) is 0 Å². The van der Waals surface area contributed by atoms with Gasteiger partial charge >= 0.3 is 0 Å². The van der Waals surface area contributed by atoms with Gasteiger partial charge in [0.15, 0.2) is 0 Å². The lowest BCUT2D eigenvalue weighted by Gasteiger charge is -2.30. The van der Waals surface area contributed by atoms with E-state index in [1.165, 1.54) is 29.5 Å². The Morgan fingerprint density at radius 1 is 1.00 bits per heavy atom. The van der Waals surface area contributed by atoms with Gasteiger partial charge in [-0.25, -0.2) is 8.42 Å². The molecule has 0 spiro atoms. The molecule has 1 aromatic rings. The smallest absolute Gasteiger partial charge is 0.243 e. The van der Waals surface area contributed by atoms with Crippen LogP contribution in [-0.2, 0) is 19.6 Å². The summed E-state index contributed by atoms with van der Waals surface area (Å²) >= 11 is 1.39. The van der Waals surface area contributed by atoms with Crippen molar-refractivity contribution in [3.8, 4) is 0 Å². The molecule has 1 saturated heterocycles. The highest BCUT2D eigenvalue weighted by Crippen LogP contribution is 2.37. The maximum absolute atomic E-state index is 13.3. The van der Waals surface area contributed by atoms with Gasteiger partial charge in [0.25, 0.3) is 0 Å². The minimum Gasteiger partial charge on any atom is -0.352 e. The standard InChI is InChI=1S/C23H33N3O4S2/c27-22(24-18-9-5-1-2-6-10-18)16-26-20-15-19(11-12-21(20)31-17-23(26)28)32(29,30)25-13-7-3-4-8-14-25/h11-12,15,18H,1-10,13-14,16-17H2,(H,24,27). The molecule has 2 heterocycles. The quantitative estimate of drug-likeness (QED) is 0.653. The molecular weight excluding hydrogens is 446 g/mol. The number of carbonyl (C=O) groups excluding carboxylic acids is 2. The summed E-state index contributed by atoms with van der Waals surface area (Å²) in [5.41, 5.74) is 0.526. The third-order valence-electron chi connectivity index (χ3n) is 6.60. The molecule has 2 aliphatic heterocycles. The highest BCUT2D eigenvalue weighted by atomic mass is 32.2. The zero-order valence-electron chi connectivity index (χ0n) is 18.6. The van der Waals surface area contributed by atoms with Crippen LogP contribution in [-0.4, -0.2) is 56.0 Å². The fourth-order valence-corrected chi connectivity index (χ4v) is 7.24. The highest BCUT2D eigenvalue weighted by Gasteiger charge is 2.31. The van der Waals surface area contributed by atoms with Crippen LogP contribution in [0.2, 0.25) is 0 Å². The summed E-state index contributed by atoms with van der Waals surface area (Å²) in [5, 5.41) is 3.09. The van der Waals surface area contributed by atoms with Gasteiger partial charge in [0, 0.05) is 24.0 Å². The lowest BCUT2D eigenvalue weighted by Crippen LogP contribution is -2.46. The van der Waals surface area contributed by atoms with E-state index in [1.807, 2.05) is 0 Å². The first-order chi connectivity index (χ1) is 15.4. The fraction of sp³-hybridized carbons (Fsp3) is 0.652. The van der Waals surface area contributed by atoms with Crippen LogP contribution in [0.15, 0.2) is 28.0 Å². The van der Waals surface area contributed by atoms with E-state index in [-0.39, 0.29) is 35.0 Å². The van der Waals surface area contributed by atoms with Gasteiger partial charge in [-0.05, 0) is 43.9 Å². The molecule has 0 aromatic heterocycles. The van der Waals surface area contributed by atoms with E-state index in [1.54, 1.807) is 22.5 Å². The predicted octanol–water partition coefficient (Wildman–Crippen LogP) is 3.53. The van der Waals surface area contributed by atoms with Crippen LogP contribution in [0.4, 0.5) is 5.69 Å². The second-order valence-electron chi connectivity index (χ2n) is 8.97. The molecule has 0 atom stereocenters. The summed E-state index contributed by atoms with van der Waals surface area (Å²) in [6.45, 7) is 0.983. The number of benzene rings is 1. The molecule has 1 aliphatic carbocycles. The van der Waals surface area contributed by atoms with E-state index >= 15 is 0 Å². The van der Waals surface area contributed by atoms with Crippen LogP contribution in [0.1, 0.15) is 64.2 Å². The monoisotopic (exact) mass is 479 g/mol. The van der Waals surface area contributed by atoms with E-state index in [0.29, 0.717) is 18.8 Å². The molecular formula is C23H33N3O4S2. The van der Waals surface area contributed by atoms with Crippen molar-refractivity contribution in [3.63, 3.8) is 0 Å². The van der Waals surface area contributed by atoms with E-state index in [9.17, 15) is 18.0 Å². The second-order valence-corrected chi connectivity index (χ2v) is 11.9. The van der Waals surface area contributed by atoms with Gasteiger partial charge in [-0.15, -0.1) is 11.8 Å². The minimum absolute atomic E-state index is 0.0733. The van der Waals surface area contributed by atoms with Gasteiger partial charge < -0.3 is 10.2 Å². The fourth-order valence-electron chi connectivity index (χ4n) is 4.79. The summed E-state index contributed by atoms with van der Waals surface area (Å²) in [4.78, 5) is 28.0. The predicted molar refractivity (Wildman–Crippen MR) is 126 cm³/mol. The molecule has 32 heavy (non-hydrogen) atoms. The molecule has 4 rings (SSSR count). The zero-order valence-corrected chi connectivity index (χ0v) is 20.2. The van der Waals surface area contributed by atoms with Gasteiger partial charge in [-0.1, -0.05) is 38.5 Å². The third kappa shape index (κ3) is 5.48. The molecule has 0 radical (unpaired) electrons. The Balaban J connectivity index is 1.53. The Hall–Kier alpha value is -1.58. The van der Waals surface area contributed by atoms with E-state index in [2.05, 4.69) is 5.32 Å². The Morgan fingerprint density at radius 2 is 1.66 bits per heavy atom. The lowest BCUT2D eigenvalue weighted by molar-refractivity contribution is -0.123. The molecule has 1 aromatic carbocycles. The highest BCUT2D eigenvalue weighted by molar-refractivity contribution is 8.00. The van der Waals surface area contributed by atoms with Crippen molar-refractivity contribution in [2.75, 3.05) is 30.3 Å². The number of amides is 2. The van der Waals surface area contributed by atoms with E-state index < -0.39 is 10.0 Å². The number of sulfonamides is 1. The van der Waals surface area contributed by atoms with Crippen molar-refractivity contribution in [2.45, 2.75) is 80.0 Å². The molecule has 9 heteroatoms. The van der Waals surface area contributed by atoms with Crippen molar-refractivity contribution < 1.29 is 18.0 Å². The van der Waals surface area contributed by atoms with Gasteiger partial charge in [-0.3, -0.25) is 9.59 Å². The van der Waals surface area contributed by atoms with Crippen molar-refractivity contribution in [2.24, 2.45) is 0 Å². The summed E-state index contributed by atoms with van der Waals surface area (Å²) in [7, 11) is -3.63. The first kappa shape index (κ1) is 23.6. The molecule has 176 valence electrons. The van der Waals surface area contributed by atoms with Crippen molar-refractivity contribution >= 4 is 39.3 Å². The maximum atomic E-state index is 13.3. The lowest BCUT2D eigenvalue weighted by atomic mass is 10.1. The maximum Gasteiger partial charge on any atom is 0.243 e. The first-order valence-corrected chi connectivity index (χ1v) is 14.2. The normalized spacial score (nSPS) is 21.5. The SMILES string of the molecule is O=C(CN1C(=O)CSc2ccc(S(=O)(=O)N3CCCCCC3)cc21)NC1CCCCCC1. The first-order valence-electron chi connectivity index (χ1n) is 11.8. The summed E-state index contributed by atoms with van der Waals surface area (Å²) in [6.07, 6.45) is 10.4. The van der Waals surface area contributed by atoms with Crippen molar-refractivity contribution in [3.05, 3.63) is 18.2 Å². The molecule has 0 unspecified atom stereocenters. The molecule has 2 amide bonds. The van der Waals surface area contributed by atoms with Crippen molar-refractivity contribution in [1.29, 1.82) is 0 Å². The molecule has 0 bridgehead atoms. The Labute approximate surface area is 195 Å². The molecule has 3 aliphatic rings. The zero-order chi connectivity index (χ0) is 22.6.